The van der Waals surface area contributed by atoms with Crippen LogP contribution in [0.2, 0.25) is 0 Å². The Morgan fingerprint density at radius 3 is 2.10 bits per heavy atom. The van der Waals surface area contributed by atoms with Crippen LogP contribution in [0.4, 0.5) is 0 Å². The van der Waals surface area contributed by atoms with Crippen LogP contribution in [-0.4, -0.2) is 0 Å². The fraction of sp³-hybridized carbons (Fsp3) is 0.143. The van der Waals surface area contributed by atoms with Gasteiger partial charge in [0.2, 0.25) is 0 Å². The smallest absolute Gasteiger partial charge is 0.0178 e. The number of hydrogen-bond donors (Lipinski definition) is 1. The molecule has 1 aromatic carbocycles. The van der Waals surface area contributed by atoms with Crippen molar-refractivity contribution in [1.29, 1.82) is 0 Å². The first-order valence-corrected chi connectivity index (χ1v) is 3.85. The van der Waals surface area contributed by atoms with Crippen molar-refractivity contribution < 1.29 is 0 Å². The second-order valence-electron chi connectivity index (χ2n) is 1.83. The standard InChI is InChI=1S/C7H8IN.ClH/c8-7-3-1-6(5-9)2-4-7;/h1-4H,5,9H2;1H. The van der Waals surface area contributed by atoms with Gasteiger partial charge in [-0.1, -0.05) is 12.1 Å². The van der Waals surface area contributed by atoms with Gasteiger partial charge in [0.1, 0.15) is 0 Å². The summed E-state index contributed by atoms with van der Waals surface area (Å²) in [4.78, 5) is 0. The van der Waals surface area contributed by atoms with E-state index >= 15 is 0 Å². The summed E-state index contributed by atoms with van der Waals surface area (Å²) in [6.07, 6.45) is 0. The van der Waals surface area contributed by atoms with Crippen LogP contribution in [0.25, 0.3) is 0 Å². The number of nitrogens with two attached hydrogens (primary N) is 1. The average Bonchev–Trinajstić information content (AvgIpc) is 1.90. The van der Waals surface area contributed by atoms with Gasteiger partial charge in [-0.2, -0.15) is 0 Å². The van der Waals surface area contributed by atoms with Gasteiger partial charge in [0.15, 0.2) is 0 Å². The normalized spacial score (nSPS) is 8.60. The SMILES string of the molecule is Cl.NCc1ccc(I)cc1. The summed E-state index contributed by atoms with van der Waals surface area (Å²) in [5.41, 5.74) is 6.59. The third-order valence-corrected chi connectivity index (χ3v) is 1.87. The second-order valence-corrected chi connectivity index (χ2v) is 3.08. The van der Waals surface area contributed by atoms with Gasteiger partial charge < -0.3 is 5.73 Å². The highest BCUT2D eigenvalue weighted by molar-refractivity contribution is 14.1. The fourth-order valence-corrected chi connectivity index (χ4v) is 0.980. The van der Waals surface area contributed by atoms with Gasteiger partial charge in [0, 0.05) is 10.1 Å². The molecule has 3 heteroatoms. The number of rotatable bonds is 1. The first-order valence-electron chi connectivity index (χ1n) is 2.77. The minimum absolute atomic E-state index is 0. The Morgan fingerprint density at radius 1 is 1.20 bits per heavy atom. The molecule has 2 N–H and O–H groups in total. The third-order valence-electron chi connectivity index (χ3n) is 1.15. The van der Waals surface area contributed by atoms with Gasteiger partial charge in [-0.15, -0.1) is 12.4 Å². The lowest BCUT2D eigenvalue weighted by Gasteiger charge is -1.93. The molecular weight excluding hydrogens is 260 g/mol. The van der Waals surface area contributed by atoms with Crippen molar-refractivity contribution in [2.75, 3.05) is 0 Å². The summed E-state index contributed by atoms with van der Waals surface area (Å²) in [6.45, 7) is 0.636. The van der Waals surface area contributed by atoms with Crippen molar-refractivity contribution in [1.82, 2.24) is 0 Å². The first-order chi connectivity index (χ1) is 4.33. The highest BCUT2D eigenvalue weighted by Gasteiger charge is 1.86. The largest absolute Gasteiger partial charge is 0.326 e. The molecule has 0 saturated carbocycles. The van der Waals surface area contributed by atoms with E-state index in [0.29, 0.717) is 6.54 Å². The minimum atomic E-state index is 0. The summed E-state index contributed by atoms with van der Waals surface area (Å²) in [5, 5.41) is 0. The van der Waals surface area contributed by atoms with E-state index in [9.17, 15) is 0 Å². The number of benzene rings is 1. The second kappa shape index (κ2) is 4.93. The highest BCUT2D eigenvalue weighted by Crippen LogP contribution is 2.05. The number of hydrogen-bond acceptors (Lipinski definition) is 1. The molecule has 0 unspecified atom stereocenters. The molecule has 0 aliphatic rings. The van der Waals surface area contributed by atoms with Crippen LogP contribution in [0, 0.1) is 3.57 Å². The summed E-state index contributed by atoms with van der Waals surface area (Å²) in [7, 11) is 0. The lowest BCUT2D eigenvalue weighted by Crippen LogP contribution is -1.94. The van der Waals surface area contributed by atoms with Gasteiger partial charge in [-0.05, 0) is 40.3 Å². The molecule has 0 atom stereocenters. The molecule has 0 radical (unpaired) electrons. The van der Waals surface area contributed by atoms with Gasteiger partial charge in [0.05, 0.1) is 0 Å². The first kappa shape index (κ1) is 10.2. The van der Waals surface area contributed by atoms with E-state index in [-0.39, 0.29) is 12.4 Å². The Hall–Kier alpha value is 0.200. The molecule has 0 saturated heterocycles. The van der Waals surface area contributed by atoms with E-state index < -0.39 is 0 Å². The third kappa shape index (κ3) is 2.86. The predicted octanol–water partition coefficient (Wildman–Crippen LogP) is 2.17. The molecule has 1 nitrogen and oxygen atoms in total. The maximum Gasteiger partial charge on any atom is 0.0178 e. The molecule has 0 heterocycles. The Morgan fingerprint density at radius 2 is 1.70 bits per heavy atom. The maximum absolute atomic E-state index is 5.40. The Balaban J connectivity index is 0.000000810. The Labute approximate surface area is 80.6 Å². The van der Waals surface area contributed by atoms with E-state index in [0.717, 1.165) is 0 Å². The summed E-state index contributed by atoms with van der Waals surface area (Å²) in [5.74, 6) is 0. The monoisotopic (exact) mass is 269 g/mol. The van der Waals surface area contributed by atoms with E-state index in [2.05, 4.69) is 34.7 Å². The molecule has 0 bridgehead atoms. The van der Waals surface area contributed by atoms with Crippen LogP contribution in [0.3, 0.4) is 0 Å². The van der Waals surface area contributed by atoms with E-state index in [1.54, 1.807) is 0 Å². The molecule has 1 rings (SSSR count). The minimum Gasteiger partial charge on any atom is -0.326 e. The lowest BCUT2D eigenvalue weighted by molar-refractivity contribution is 1.07. The van der Waals surface area contributed by atoms with Crippen LogP contribution in [0.15, 0.2) is 24.3 Å². The Kier molecular flexibility index (Phi) is 5.03. The van der Waals surface area contributed by atoms with Gasteiger partial charge in [-0.3, -0.25) is 0 Å². The molecule has 1 aromatic rings. The van der Waals surface area contributed by atoms with Crippen molar-refractivity contribution in [3.05, 3.63) is 33.4 Å². The predicted molar refractivity (Wildman–Crippen MR) is 54.3 cm³/mol. The zero-order chi connectivity index (χ0) is 6.69. The van der Waals surface area contributed by atoms with E-state index in [1.807, 2.05) is 12.1 Å². The van der Waals surface area contributed by atoms with Crippen LogP contribution >= 0.6 is 35.0 Å². The van der Waals surface area contributed by atoms with Crippen molar-refractivity contribution in [2.24, 2.45) is 5.73 Å². The topological polar surface area (TPSA) is 26.0 Å². The zero-order valence-corrected chi connectivity index (χ0v) is 8.35. The molecule has 0 aliphatic heterocycles. The number of halogens is 2. The van der Waals surface area contributed by atoms with Crippen LogP contribution in [0.5, 0.6) is 0 Å². The summed E-state index contributed by atoms with van der Waals surface area (Å²) in [6, 6.07) is 8.20. The van der Waals surface area contributed by atoms with Crippen molar-refractivity contribution >= 4 is 35.0 Å². The van der Waals surface area contributed by atoms with E-state index in [1.165, 1.54) is 9.13 Å². The molecule has 0 aliphatic carbocycles. The fourth-order valence-electron chi connectivity index (χ4n) is 0.620. The molecule has 0 spiro atoms. The van der Waals surface area contributed by atoms with Crippen LogP contribution in [0.1, 0.15) is 5.56 Å². The molecule has 0 aromatic heterocycles. The summed E-state index contributed by atoms with van der Waals surface area (Å²) >= 11 is 2.27. The van der Waals surface area contributed by atoms with Crippen molar-refractivity contribution in [3.8, 4) is 0 Å². The van der Waals surface area contributed by atoms with Crippen molar-refractivity contribution in [3.63, 3.8) is 0 Å². The lowest BCUT2D eigenvalue weighted by atomic mass is 10.2. The van der Waals surface area contributed by atoms with E-state index in [4.69, 9.17) is 5.73 Å². The molecular formula is C7H9ClIN. The highest BCUT2D eigenvalue weighted by atomic mass is 127. The van der Waals surface area contributed by atoms with Gasteiger partial charge in [0.25, 0.3) is 0 Å². The molecule has 56 valence electrons. The molecule has 10 heavy (non-hydrogen) atoms. The Bertz CT molecular complexity index is 185. The van der Waals surface area contributed by atoms with Crippen LogP contribution < -0.4 is 5.73 Å². The average molecular weight is 270 g/mol. The van der Waals surface area contributed by atoms with Gasteiger partial charge >= 0.3 is 0 Å². The maximum atomic E-state index is 5.40. The quantitative estimate of drug-likeness (QED) is 0.777. The molecule has 0 amide bonds. The van der Waals surface area contributed by atoms with Crippen LogP contribution in [-0.2, 0) is 6.54 Å². The van der Waals surface area contributed by atoms with Crippen molar-refractivity contribution in [2.45, 2.75) is 6.54 Å². The van der Waals surface area contributed by atoms with Gasteiger partial charge in [-0.25, -0.2) is 0 Å². The molecule has 0 fully saturated rings. The zero-order valence-electron chi connectivity index (χ0n) is 5.38. The summed E-state index contributed by atoms with van der Waals surface area (Å²) < 4.78 is 1.25.